The van der Waals surface area contributed by atoms with Gasteiger partial charge in [-0.2, -0.15) is 5.01 Å². The summed E-state index contributed by atoms with van der Waals surface area (Å²) in [6, 6.07) is 17.7. The lowest BCUT2D eigenvalue weighted by atomic mass is 9.85. The molecule has 9 heteroatoms. The average molecular weight is 578 g/mol. The first-order chi connectivity index (χ1) is 19.3. The van der Waals surface area contributed by atoms with Crippen LogP contribution >= 0.6 is 11.8 Å². The van der Waals surface area contributed by atoms with Crippen LogP contribution in [-0.4, -0.2) is 45.7 Å². The number of carboxylic acid groups (broad SMARTS) is 1. The third-order valence-electron chi connectivity index (χ3n) is 6.70. The van der Waals surface area contributed by atoms with Gasteiger partial charge in [0, 0.05) is 11.4 Å². The second-order valence-corrected chi connectivity index (χ2v) is 13.6. The van der Waals surface area contributed by atoms with Crippen LogP contribution in [0.4, 0.5) is 5.69 Å². The zero-order valence-electron chi connectivity index (χ0n) is 24.6. The summed E-state index contributed by atoms with van der Waals surface area (Å²) in [5, 5.41) is 16.0. The molecule has 1 aliphatic rings. The minimum Gasteiger partial charge on any atom is -0.480 e. The molecule has 0 saturated carbocycles. The number of aliphatic carboxylic acids is 1. The van der Waals surface area contributed by atoms with Gasteiger partial charge in [0.25, 0.3) is 5.91 Å². The Morgan fingerprint density at radius 2 is 1.78 bits per heavy atom. The maximum Gasteiger partial charge on any atom is 0.319 e. The first-order valence-electron chi connectivity index (χ1n) is 13.7. The van der Waals surface area contributed by atoms with Gasteiger partial charge >= 0.3 is 5.97 Å². The van der Waals surface area contributed by atoms with Crippen molar-refractivity contribution in [2.24, 2.45) is 10.5 Å². The van der Waals surface area contributed by atoms with Gasteiger partial charge in [0.05, 0.1) is 25.0 Å². The molecule has 4 rings (SSSR count). The number of hydrogen-bond acceptors (Lipinski definition) is 7. The van der Waals surface area contributed by atoms with E-state index in [0.29, 0.717) is 32.0 Å². The van der Waals surface area contributed by atoms with E-state index in [2.05, 4.69) is 30.8 Å². The second kappa shape index (κ2) is 12.5. The maximum atomic E-state index is 12.7. The van der Waals surface area contributed by atoms with Crippen molar-refractivity contribution in [2.45, 2.75) is 70.7 Å². The number of benzene rings is 2. The Kier molecular flexibility index (Phi) is 9.29. The molecule has 0 fully saturated rings. The van der Waals surface area contributed by atoms with E-state index in [-0.39, 0.29) is 17.9 Å². The molecule has 0 spiro atoms. The number of nitrogens with zero attached hydrogens (tertiary/aromatic N) is 3. The summed E-state index contributed by atoms with van der Waals surface area (Å²) in [6.45, 7) is 13.3. The van der Waals surface area contributed by atoms with Gasteiger partial charge in [-0.25, -0.2) is 0 Å². The van der Waals surface area contributed by atoms with Gasteiger partial charge in [0.15, 0.2) is 6.61 Å². The van der Waals surface area contributed by atoms with Gasteiger partial charge in [-0.1, -0.05) is 50.6 Å². The van der Waals surface area contributed by atoms with Crippen LogP contribution in [0.15, 0.2) is 75.3 Å². The third kappa shape index (κ3) is 8.24. The first-order valence-corrected chi connectivity index (χ1v) is 14.5. The highest BCUT2D eigenvalue weighted by Crippen LogP contribution is 2.41. The number of furan rings is 1. The molecular formula is C32H39N3O5S. The van der Waals surface area contributed by atoms with Crippen LogP contribution in [0, 0.1) is 19.3 Å². The number of thioether (sulfide) groups is 1. The second-order valence-electron chi connectivity index (χ2n) is 12.0. The van der Waals surface area contributed by atoms with Gasteiger partial charge in [-0.15, -0.1) is 16.9 Å². The van der Waals surface area contributed by atoms with Crippen molar-refractivity contribution in [3.05, 3.63) is 83.3 Å². The average Bonchev–Trinajstić information content (AvgIpc) is 3.38. The lowest BCUT2D eigenvalue weighted by molar-refractivity contribution is -0.140. The van der Waals surface area contributed by atoms with E-state index in [0.717, 1.165) is 33.0 Å². The van der Waals surface area contributed by atoms with Crippen molar-refractivity contribution < 1.29 is 23.8 Å². The molecule has 0 bridgehead atoms. The zero-order valence-corrected chi connectivity index (χ0v) is 25.5. The minimum absolute atomic E-state index is 0.0798. The molecule has 2 heterocycles. The normalized spacial score (nSPS) is 15.4. The van der Waals surface area contributed by atoms with Crippen molar-refractivity contribution in [2.75, 3.05) is 18.2 Å². The SMILES string of the molecule is Cc1ccc(N2N=C(CN(Cc3ccc(SC(C)(CC(C)(C)C)C(=O)O)cc3)Cc3ccco3)OCC2=O)c(C)c1. The fourth-order valence-electron chi connectivity index (χ4n) is 5.04. The lowest BCUT2D eigenvalue weighted by Gasteiger charge is -2.31. The fourth-order valence-corrected chi connectivity index (χ4v) is 6.43. The molecule has 0 radical (unpaired) electrons. The molecule has 41 heavy (non-hydrogen) atoms. The first kappa shape index (κ1) is 30.4. The minimum atomic E-state index is -0.930. The summed E-state index contributed by atoms with van der Waals surface area (Å²) in [6.07, 6.45) is 2.19. The largest absolute Gasteiger partial charge is 0.480 e. The molecule has 218 valence electrons. The van der Waals surface area contributed by atoms with E-state index in [1.807, 2.05) is 68.4 Å². The van der Waals surface area contributed by atoms with E-state index >= 15 is 0 Å². The predicted molar refractivity (Wildman–Crippen MR) is 162 cm³/mol. The quantitative estimate of drug-likeness (QED) is 0.255. The molecule has 3 aromatic rings. The van der Waals surface area contributed by atoms with Crippen LogP contribution in [0.5, 0.6) is 0 Å². The Hall–Kier alpha value is -3.56. The monoisotopic (exact) mass is 577 g/mol. The Labute approximate surface area is 246 Å². The highest BCUT2D eigenvalue weighted by molar-refractivity contribution is 8.01. The van der Waals surface area contributed by atoms with Crippen molar-refractivity contribution in [1.29, 1.82) is 0 Å². The smallest absolute Gasteiger partial charge is 0.319 e. The number of hydrogen-bond donors (Lipinski definition) is 1. The Balaban J connectivity index is 1.52. The van der Waals surface area contributed by atoms with Crippen LogP contribution in [0.2, 0.25) is 0 Å². The van der Waals surface area contributed by atoms with Gasteiger partial charge in [0.1, 0.15) is 10.5 Å². The number of carboxylic acids is 1. The molecule has 1 amide bonds. The number of hydrazone groups is 1. The standard InChI is InChI=1S/C32H39N3O5S/c1-22-9-14-27(23(2)16-22)35-29(36)20-40-28(33-35)19-34(18-25-8-7-15-39-25)17-24-10-12-26(13-11-24)41-32(6,30(37)38)21-31(3,4)5/h7-16H,17-21H2,1-6H3,(H,37,38). The number of rotatable bonds is 11. The summed E-state index contributed by atoms with van der Waals surface area (Å²) >= 11 is 1.38. The predicted octanol–water partition coefficient (Wildman–Crippen LogP) is 6.65. The van der Waals surface area contributed by atoms with Crippen LogP contribution in [0.25, 0.3) is 0 Å². The van der Waals surface area contributed by atoms with Crippen molar-refractivity contribution in [1.82, 2.24) is 4.90 Å². The van der Waals surface area contributed by atoms with Gasteiger partial charge in [-0.3, -0.25) is 14.5 Å². The summed E-state index contributed by atoms with van der Waals surface area (Å²) in [7, 11) is 0. The molecule has 8 nitrogen and oxygen atoms in total. The van der Waals surface area contributed by atoms with Gasteiger partial charge < -0.3 is 14.3 Å². The molecule has 1 aliphatic heterocycles. The zero-order chi connectivity index (χ0) is 29.8. The number of carbonyl (C=O) groups excluding carboxylic acids is 1. The number of ether oxygens (including phenoxy) is 1. The summed E-state index contributed by atoms with van der Waals surface area (Å²) < 4.78 is 10.4. The maximum absolute atomic E-state index is 12.7. The van der Waals surface area contributed by atoms with Gasteiger partial charge in [0.2, 0.25) is 5.90 Å². The Morgan fingerprint density at radius 3 is 2.39 bits per heavy atom. The molecule has 1 N–H and O–H groups in total. The van der Waals surface area contributed by atoms with Crippen LogP contribution < -0.4 is 5.01 Å². The fraction of sp³-hybridized carbons (Fsp3) is 0.406. The molecule has 0 saturated heterocycles. The van der Waals surface area contributed by atoms with E-state index in [4.69, 9.17) is 9.15 Å². The molecular weight excluding hydrogens is 538 g/mol. The summed E-state index contributed by atoms with van der Waals surface area (Å²) in [4.78, 5) is 27.9. The van der Waals surface area contributed by atoms with Crippen LogP contribution in [0.3, 0.4) is 0 Å². The van der Waals surface area contributed by atoms with E-state index in [1.54, 1.807) is 13.2 Å². The Morgan fingerprint density at radius 1 is 1.05 bits per heavy atom. The highest BCUT2D eigenvalue weighted by atomic mass is 32.2. The van der Waals surface area contributed by atoms with E-state index in [9.17, 15) is 14.7 Å². The summed E-state index contributed by atoms with van der Waals surface area (Å²) in [5.41, 5.74) is 3.76. The van der Waals surface area contributed by atoms with Crippen molar-refractivity contribution >= 4 is 35.2 Å². The lowest BCUT2D eigenvalue weighted by Crippen LogP contribution is -2.41. The van der Waals surface area contributed by atoms with E-state index < -0.39 is 10.7 Å². The van der Waals surface area contributed by atoms with E-state index in [1.165, 1.54) is 16.8 Å². The third-order valence-corrected chi connectivity index (χ3v) is 7.98. The number of aryl methyl sites for hydroxylation is 2. The molecule has 2 aromatic carbocycles. The number of carbonyl (C=O) groups is 2. The summed E-state index contributed by atoms with van der Waals surface area (Å²) in [5.74, 6) is 0.219. The van der Waals surface area contributed by atoms with Crippen molar-refractivity contribution in [3.8, 4) is 0 Å². The highest BCUT2D eigenvalue weighted by Gasteiger charge is 2.38. The Bertz CT molecular complexity index is 1400. The number of anilines is 1. The number of amides is 1. The van der Waals surface area contributed by atoms with Gasteiger partial charge in [-0.05, 0) is 74.1 Å². The topological polar surface area (TPSA) is 95.6 Å². The molecule has 1 aromatic heterocycles. The van der Waals surface area contributed by atoms with Crippen LogP contribution in [0.1, 0.15) is 56.6 Å². The molecule has 1 unspecified atom stereocenters. The van der Waals surface area contributed by atoms with Crippen molar-refractivity contribution in [3.63, 3.8) is 0 Å². The molecule has 0 aliphatic carbocycles. The van der Waals surface area contributed by atoms with Crippen LogP contribution in [-0.2, 0) is 27.4 Å². The molecule has 1 atom stereocenters.